The smallest absolute Gasteiger partial charge is 0.336 e. The second-order valence-electron chi connectivity index (χ2n) is 3.26. The van der Waals surface area contributed by atoms with Crippen molar-refractivity contribution in [3.63, 3.8) is 0 Å². The molecule has 1 aromatic carbocycles. The quantitative estimate of drug-likeness (QED) is 0.443. The Morgan fingerprint density at radius 3 is 2.76 bits per heavy atom. The van der Waals surface area contributed by atoms with Gasteiger partial charge in [0, 0.05) is 4.90 Å². The van der Waals surface area contributed by atoms with E-state index in [0.717, 1.165) is 10.6 Å². The van der Waals surface area contributed by atoms with Crippen molar-refractivity contribution in [1.29, 1.82) is 0 Å². The zero-order valence-corrected chi connectivity index (χ0v) is 10.9. The predicted molar refractivity (Wildman–Crippen MR) is 69.5 cm³/mol. The second-order valence-corrected chi connectivity index (χ2v) is 4.11. The normalized spacial score (nSPS) is 9.76. The minimum absolute atomic E-state index is 0.149. The lowest BCUT2D eigenvalue weighted by atomic mass is 10.3. The molecule has 0 saturated carbocycles. The predicted octanol–water partition coefficient (Wildman–Crippen LogP) is 2.91. The molecule has 0 N–H and O–H groups in total. The van der Waals surface area contributed by atoms with E-state index in [1.807, 2.05) is 30.5 Å². The maximum atomic E-state index is 11.3. The van der Waals surface area contributed by atoms with E-state index in [1.165, 1.54) is 0 Å². The third kappa shape index (κ3) is 4.15. The fraction of sp³-hybridized carbons (Fsp3) is 0.308. The lowest BCUT2D eigenvalue weighted by Gasteiger charge is -2.10. The molecule has 0 atom stereocenters. The first kappa shape index (κ1) is 13.6. The van der Waals surface area contributed by atoms with E-state index in [0.29, 0.717) is 12.2 Å². The van der Waals surface area contributed by atoms with Crippen molar-refractivity contribution in [2.45, 2.75) is 11.8 Å². The average Bonchev–Trinajstić information content (AvgIpc) is 2.36. The minimum atomic E-state index is -0.408. The summed E-state index contributed by atoms with van der Waals surface area (Å²) in [6.45, 7) is 5.89. The highest BCUT2D eigenvalue weighted by molar-refractivity contribution is 7.98. The first-order valence-electron chi connectivity index (χ1n) is 5.29. The zero-order chi connectivity index (χ0) is 12.7. The van der Waals surface area contributed by atoms with Crippen LogP contribution in [0.15, 0.2) is 41.3 Å². The van der Waals surface area contributed by atoms with E-state index in [2.05, 4.69) is 6.58 Å². The van der Waals surface area contributed by atoms with Crippen molar-refractivity contribution >= 4 is 17.7 Å². The van der Waals surface area contributed by atoms with Gasteiger partial charge in [0.2, 0.25) is 0 Å². The van der Waals surface area contributed by atoms with E-state index < -0.39 is 5.97 Å². The van der Waals surface area contributed by atoms with Gasteiger partial charge in [0.15, 0.2) is 0 Å². The number of esters is 1. The van der Waals surface area contributed by atoms with Gasteiger partial charge in [0.1, 0.15) is 12.4 Å². The molecule has 3 nitrogen and oxygen atoms in total. The van der Waals surface area contributed by atoms with Crippen molar-refractivity contribution in [2.75, 3.05) is 19.5 Å². The molecule has 92 valence electrons. The molecular weight excluding hydrogens is 236 g/mol. The maximum Gasteiger partial charge on any atom is 0.336 e. The molecule has 0 aliphatic rings. The molecule has 0 bridgehead atoms. The Kier molecular flexibility index (Phi) is 5.63. The van der Waals surface area contributed by atoms with Crippen LogP contribution in [0.3, 0.4) is 0 Å². The molecule has 4 heteroatoms. The van der Waals surface area contributed by atoms with Crippen molar-refractivity contribution < 1.29 is 14.3 Å². The van der Waals surface area contributed by atoms with Gasteiger partial charge in [-0.25, -0.2) is 4.79 Å². The van der Waals surface area contributed by atoms with Crippen LogP contribution in [0.1, 0.15) is 6.92 Å². The Morgan fingerprint density at radius 2 is 2.12 bits per heavy atom. The summed E-state index contributed by atoms with van der Waals surface area (Å²) in [4.78, 5) is 12.3. The maximum absolute atomic E-state index is 11.3. The van der Waals surface area contributed by atoms with Crippen molar-refractivity contribution in [1.82, 2.24) is 0 Å². The van der Waals surface area contributed by atoms with E-state index in [9.17, 15) is 4.79 Å². The molecule has 0 aromatic heterocycles. The van der Waals surface area contributed by atoms with Gasteiger partial charge in [0.25, 0.3) is 0 Å². The highest BCUT2D eigenvalue weighted by Crippen LogP contribution is 2.27. The number of ether oxygens (including phenoxy) is 2. The number of carbonyl (C=O) groups is 1. The Balaban J connectivity index is 2.55. The number of hydrogen-bond acceptors (Lipinski definition) is 4. The molecule has 0 radical (unpaired) electrons. The Bertz CT molecular complexity index is 401. The average molecular weight is 252 g/mol. The fourth-order valence-corrected chi connectivity index (χ4v) is 1.74. The minimum Gasteiger partial charge on any atom is -0.487 e. The van der Waals surface area contributed by atoms with Crippen LogP contribution in [0.5, 0.6) is 5.75 Å². The largest absolute Gasteiger partial charge is 0.487 e. The molecule has 1 aromatic rings. The van der Waals surface area contributed by atoms with Gasteiger partial charge in [-0.05, 0) is 25.3 Å². The molecule has 1 rings (SSSR count). The monoisotopic (exact) mass is 252 g/mol. The number of rotatable bonds is 6. The van der Waals surface area contributed by atoms with Gasteiger partial charge >= 0.3 is 5.97 Å². The standard InChI is InChI=1S/C13H16O3S/c1-4-15-13(14)10(2)9-16-11-7-5-6-8-12(11)17-3/h5-8H,2,4,9H2,1,3H3. The highest BCUT2D eigenvalue weighted by Gasteiger charge is 2.09. The lowest BCUT2D eigenvalue weighted by molar-refractivity contribution is -0.138. The van der Waals surface area contributed by atoms with Gasteiger partial charge in [-0.1, -0.05) is 18.7 Å². The van der Waals surface area contributed by atoms with E-state index in [-0.39, 0.29) is 6.61 Å². The zero-order valence-electron chi connectivity index (χ0n) is 10.1. The first-order valence-corrected chi connectivity index (χ1v) is 6.52. The van der Waals surface area contributed by atoms with Crippen LogP contribution in [-0.4, -0.2) is 25.4 Å². The number of para-hydroxylation sites is 1. The fourth-order valence-electron chi connectivity index (χ4n) is 1.19. The van der Waals surface area contributed by atoms with Crippen LogP contribution in [0.25, 0.3) is 0 Å². The first-order chi connectivity index (χ1) is 8.19. The van der Waals surface area contributed by atoms with Crippen LogP contribution in [0.2, 0.25) is 0 Å². The third-order valence-electron chi connectivity index (χ3n) is 2.04. The van der Waals surface area contributed by atoms with Crippen LogP contribution in [-0.2, 0) is 9.53 Å². The summed E-state index contributed by atoms with van der Waals surface area (Å²) in [7, 11) is 0. The Hall–Kier alpha value is -1.42. The summed E-state index contributed by atoms with van der Waals surface area (Å²) in [5, 5.41) is 0. The van der Waals surface area contributed by atoms with E-state index in [4.69, 9.17) is 9.47 Å². The van der Waals surface area contributed by atoms with Crippen LogP contribution >= 0.6 is 11.8 Å². The second kappa shape index (κ2) is 7.01. The van der Waals surface area contributed by atoms with Crippen molar-refractivity contribution in [3.8, 4) is 5.75 Å². The van der Waals surface area contributed by atoms with Crippen LogP contribution < -0.4 is 4.74 Å². The molecule has 0 spiro atoms. The Morgan fingerprint density at radius 1 is 1.41 bits per heavy atom. The molecule has 0 fully saturated rings. The number of thioether (sulfide) groups is 1. The van der Waals surface area contributed by atoms with Crippen LogP contribution in [0.4, 0.5) is 0 Å². The topological polar surface area (TPSA) is 35.5 Å². The van der Waals surface area contributed by atoms with E-state index >= 15 is 0 Å². The summed E-state index contributed by atoms with van der Waals surface area (Å²) in [6.07, 6.45) is 1.97. The SMILES string of the molecule is C=C(COc1ccccc1SC)C(=O)OCC. The molecule has 0 saturated heterocycles. The molecule has 0 heterocycles. The van der Waals surface area contributed by atoms with E-state index in [1.54, 1.807) is 18.7 Å². The van der Waals surface area contributed by atoms with Crippen molar-refractivity contribution in [2.24, 2.45) is 0 Å². The third-order valence-corrected chi connectivity index (χ3v) is 2.81. The number of hydrogen-bond donors (Lipinski definition) is 0. The highest BCUT2D eigenvalue weighted by atomic mass is 32.2. The Labute approximate surface area is 106 Å². The molecule has 17 heavy (non-hydrogen) atoms. The summed E-state index contributed by atoms with van der Waals surface area (Å²) in [6, 6.07) is 7.67. The number of carbonyl (C=O) groups excluding carboxylic acids is 1. The molecule has 0 aliphatic heterocycles. The van der Waals surface area contributed by atoms with Crippen LogP contribution in [0, 0.1) is 0 Å². The van der Waals surface area contributed by atoms with Gasteiger partial charge in [0.05, 0.1) is 12.2 Å². The van der Waals surface area contributed by atoms with Crippen molar-refractivity contribution in [3.05, 3.63) is 36.4 Å². The summed E-state index contributed by atoms with van der Waals surface area (Å²) < 4.78 is 10.4. The summed E-state index contributed by atoms with van der Waals surface area (Å²) in [5.41, 5.74) is 0.322. The molecule has 0 aliphatic carbocycles. The lowest BCUT2D eigenvalue weighted by Crippen LogP contribution is -2.13. The molecule has 0 amide bonds. The van der Waals surface area contributed by atoms with Gasteiger partial charge in [-0.15, -0.1) is 11.8 Å². The van der Waals surface area contributed by atoms with Gasteiger partial charge in [-0.2, -0.15) is 0 Å². The van der Waals surface area contributed by atoms with Gasteiger partial charge in [-0.3, -0.25) is 0 Å². The molecular formula is C13H16O3S. The van der Waals surface area contributed by atoms with Gasteiger partial charge < -0.3 is 9.47 Å². The summed E-state index contributed by atoms with van der Waals surface area (Å²) in [5.74, 6) is 0.347. The number of benzene rings is 1. The molecule has 0 unspecified atom stereocenters. The summed E-state index contributed by atoms with van der Waals surface area (Å²) >= 11 is 1.59.